The van der Waals surface area contributed by atoms with E-state index in [1.807, 2.05) is 0 Å². The molecule has 1 aliphatic rings. The first-order chi connectivity index (χ1) is 9.20. The standard InChI is InChI=1S/C14H23ClN2S2/c1-11-12(2)18-8-7-17(11)6-4-3-5-14-16-13(9-15)10-19-14/h10-12H,3-9H2,1-2H3. The molecule has 0 spiro atoms. The summed E-state index contributed by atoms with van der Waals surface area (Å²) in [5, 5.41) is 4.10. The lowest BCUT2D eigenvalue weighted by molar-refractivity contribution is 0.209. The van der Waals surface area contributed by atoms with Crippen LogP contribution in [0, 0.1) is 0 Å². The van der Waals surface area contributed by atoms with E-state index in [1.165, 1.54) is 36.7 Å². The first-order valence-corrected chi connectivity index (χ1v) is 9.52. The van der Waals surface area contributed by atoms with E-state index in [-0.39, 0.29) is 0 Å². The molecule has 1 aromatic rings. The molecule has 1 aromatic heterocycles. The van der Waals surface area contributed by atoms with Crippen molar-refractivity contribution in [1.82, 2.24) is 9.88 Å². The van der Waals surface area contributed by atoms with Gasteiger partial charge in [0.05, 0.1) is 16.6 Å². The van der Waals surface area contributed by atoms with E-state index >= 15 is 0 Å². The number of thiazole rings is 1. The predicted octanol–water partition coefficient (Wildman–Crippen LogP) is 4.03. The summed E-state index contributed by atoms with van der Waals surface area (Å²) >= 11 is 9.63. The number of aromatic nitrogens is 1. The second-order valence-corrected chi connectivity index (χ2v) is 7.87. The van der Waals surface area contributed by atoms with Crippen LogP contribution in [0.1, 0.15) is 37.4 Å². The topological polar surface area (TPSA) is 16.1 Å². The number of thioether (sulfide) groups is 1. The molecular formula is C14H23ClN2S2. The van der Waals surface area contributed by atoms with E-state index in [0.29, 0.717) is 5.88 Å². The lowest BCUT2D eigenvalue weighted by atomic mass is 10.1. The van der Waals surface area contributed by atoms with Gasteiger partial charge >= 0.3 is 0 Å². The fourth-order valence-electron chi connectivity index (χ4n) is 2.43. The Morgan fingerprint density at radius 2 is 2.26 bits per heavy atom. The summed E-state index contributed by atoms with van der Waals surface area (Å²) in [5.41, 5.74) is 1.03. The Labute approximate surface area is 129 Å². The zero-order valence-electron chi connectivity index (χ0n) is 11.8. The van der Waals surface area contributed by atoms with Crippen molar-refractivity contribution in [2.24, 2.45) is 0 Å². The van der Waals surface area contributed by atoms with Gasteiger partial charge in [-0.05, 0) is 32.7 Å². The van der Waals surface area contributed by atoms with Gasteiger partial charge in [0.1, 0.15) is 0 Å². The fourth-order valence-corrected chi connectivity index (χ4v) is 4.66. The zero-order chi connectivity index (χ0) is 13.7. The molecule has 0 bridgehead atoms. The molecule has 0 radical (unpaired) electrons. The average molecular weight is 319 g/mol. The fraction of sp³-hybridized carbons (Fsp3) is 0.786. The summed E-state index contributed by atoms with van der Waals surface area (Å²) in [6.07, 6.45) is 3.62. The summed E-state index contributed by atoms with van der Waals surface area (Å²) in [5.74, 6) is 1.83. The van der Waals surface area contributed by atoms with E-state index in [0.717, 1.165) is 23.4 Å². The molecule has 2 rings (SSSR count). The quantitative estimate of drug-likeness (QED) is 0.582. The maximum absolute atomic E-state index is 5.77. The minimum Gasteiger partial charge on any atom is -0.299 e. The van der Waals surface area contributed by atoms with Crippen LogP contribution in [0.4, 0.5) is 0 Å². The van der Waals surface area contributed by atoms with Crippen molar-refractivity contribution in [3.8, 4) is 0 Å². The zero-order valence-corrected chi connectivity index (χ0v) is 14.2. The molecule has 1 aliphatic heterocycles. The second-order valence-electron chi connectivity index (χ2n) is 5.18. The Hall–Kier alpha value is 0.230. The van der Waals surface area contributed by atoms with Gasteiger partial charge in [-0.15, -0.1) is 22.9 Å². The number of unbranched alkanes of at least 4 members (excludes halogenated alkanes) is 1. The number of hydrogen-bond donors (Lipinski definition) is 0. The monoisotopic (exact) mass is 318 g/mol. The van der Waals surface area contributed by atoms with Crippen molar-refractivity contribution in [1.29, 1.82) is 0 Å². The van der Waals surface area contributed by atoms with Crippen molar-refractivity contribution in [2.45, 2.75) is 50.3 Å². The summed E-state index contributed by atoms with van der Waals surface area (Å²) in [6.45, 7) is 7.21. The molecule has 0 N–H and O–H groups in total. The van der Waals surface area contributed by atoms with Crippen LogP contribution < -0.4 is 0 Å². The average Bonchev–Trinajstić information content (AvgIpc) is 2.87. The number of hydrogen-bond acceptors (Lipinski definition) is 4. The molecule has 5 heteroatoms. The van der Waals surface area contributed by atoms with Crippen LogP contribution in [0.3, 0.4) is 0 Å². The smallest absolute Gasteiger partial charge is 0.0928 e. The number of alkyl halides is 1. The summed E-state index contributed by atoms with van der Waals surface area (Å²) < 4.78 is 0. The molecule has 2 atom stereocenters. The summed E-state index contributed by atoms with van der Waals surface area (Å²) in [6, 6.07) is 0.724. The molecule has 2 nitrogen and oxygen atoms in total. The van der Waals surface area contributed by atoms with Crippen molar-refractivity contribution in [2.75, 3.05) is 18.8 Å². The van der Waals surface area contributed by atoms with Gasteiger partial charge in [-0.2, -0.15) is 11.8 Å². The minimum atomic E-state index is 0.539. The third-order valence-electron chi connectivity index (χ3n) is 3.84. The van der Waals surface area contributed by atoms with Crippen molar-refractivity contribution in [3.63, 3.8) is 0 Å². The Morgan fingerprint density at radius 3 is 3.00 bits per heavy atom. The Bertz CT molecular complexity index is 383. The first kappa shape index (κ1) is 15.6. The van der Waals surface area contributed by atoms with Gasteiger partial charge in [-0.1, -0.05) is 6.92 Å². The minimum absolute atomic E-state index is 0.539. The third-order valence-corrected chi connectivity index (χ3v) is 6.41. The molecule has 2 unspecified atom stereocenters. The van der Waals surface area contributed by atoms with Gasteiger partial charge in [-0.3, -0.25) is 4.90 Å². The highest BCUT2D eigenvalue weighted by Crippen LogP contribution is 2.24. The second kappa shape index (κ2) is 7.87. The van der Waals surface area contributed by atoms with E-state index < -0.39 is 0 Å². The number of halogens is 1. The molecular weight excluding hydrogens is 296 g/mol. The first-order valence-electron chi connectivity index (χ1n) is 7.05. The van der Waals surface area contributed by atoms with E-state index in [4.69, 9.17) is 11.6 Å². The van der Waals surface area contributed by atoms with E-state index in [2.05, 4.69) is 40.9 Å². The van der Waals surface area contributed by atoms with Gasteiger partial charge in [0, 0.05) is 29.0 Å². The predicted molar refractivity (Wildman–Crippen MR) is 87.6 cm³/mol. The van der Waals surface area contributed by atoms with Crippen LogP contribution in [0.5, 0.6) is 0 Å². The molecule has 0 aromatic carbocycles. The van der Waals surface area contributed by atoms with Gasteiger partial charge in [0.15, 0.2) is 0 Å². The van der Waals surface area contributed by atoms with Crippen LogP contribution in [0.2, 0.25) is 0 Å². The van der Waals surface area contributed by atoms with Crippen LogP contribution in [0.15, 0.2) is 5.38 Å². The van der Waals surface area contributed by atoms with E-state index in [9.17, 15) is 0 Å². The highest BCUT2D eigenvalue weighted by Gasteiger charge is 2.24. The number of aryl methyl sites for hydroxylation is 1. The molecule has 0 amide bonds. The van der Waals surface area contributed by atoms with Gasteiger partial charge in [0.25, 0.3) is 0 Å². The molecule has 19 heavy (non-hydrogen) atoms. The van der Waals surface area contributed by atoms with Crippen LogP contribution in [0.25, 0.3) is 0 Å². The van der Waals surface area contributed by atoms with Crippen molar-refractivity contribution in [3.05, 3.63) is 16.1 Å². The van der Waals surface area contributed by atoms with Crippen molar-refractivity contribution >= 4 is 34.7 Å². The van der Waals surface area contributed by atoms with Crippen molar-refractivity contribution < 1.29 is 0 Å². The molecule has 0 saturated carbocycles. The maximum atomic E-state index is 5.77. The molecule has 1 fully saturated rings. The molecule has 2 heterocycles. The molecule has 108 valence electrons. The van der Waals surface area contributed by atoms with Crippen LogP contribution >= 0.6 is 34.7 Å². The lowest BCUT2D eigenvalue weighted by Crippen LogP contribution is -2.44. The molecule has 1 saturated heterocycles. The number of nitrogens with zero attached hydrogens (tertiary/aromatic N) is 2. The van der Waals surface area contributed by atoms with Crippen LogP contribution in [-0.4, -0.2) is 40.0 Å². The highest BCUT2D eigenvalue weighted by molar-refractivity contribution is 8.00. The highest BCUT2D eigenvalue weighted by atomic mass is 35.5. The number of rotatable bonds is 6. The SMILES string of the molecule is CC1SCCN(CCCCc2nc(CCl)cs2)C1C. The Kier molecular flexibility index (Phi) is 6.46. The largest absolute Gasteiger partial charge is 0.299 e. The Balaban J connectivity index is 1.66. The van der Waals surface area contributed by atoms with Gasteiger partial charge < -0.3 is 0 Å². The van der Waals surface area contributed by atoms with Gasteiger partial charge in [0.2, 0.25) is 0 Å². The summed E-state index contributed by atoms with van der Waals surface area (Å²) in [4.78, 5) is 7.16. The van der Waals surface area contributed by atoms with Crippen LogP contribution in [-0.2, 0) is 12.3 Å². The normalized spacial score (nSPS) is 24.8. The maximum Gasteiger partial charge on any atom is 0.0928 e. The lowest BCUT2D eigenvalue weighted by Gasteiger charge is -2.37. The molecule has 0 aliphatic carbocycles. The Morgan fingerprint density at radius 1 is 1.42 bits per heavy atom. The third kappa shape index (κ3) is 4.62. The van der Waals surface area contributed by atoms with Gasteiger partial charge in [-0.25, -0.2) is 4.98 Å². The summed E-state index contributed by atoms with van der Waals surface area (Å²) in [7, 11) is 0. The van der Waals surface area contributed by atoms with E-state index in [1.54, 1.807) is 11.3 Å².